The van der Waals surface area contributed by atoms with E-state index in [-0.39, 0.29) is 18.4 Å². The highest BCUT2D eigenvalue weighted by Gasteiger charge is 2.60. The van der Waals surface area contributed by atoms with Gasteiger partial charge in [0.15, 0.2) is 11.8 Å². The lowest BCUT2D eigenvalue weighted by Crippen LogP contribution is -2.75. The lowest BCUT2D eigenvalue weighted by Gasteiger charge is -2.56. The average Bonchev–Trinajstić information content (AvgIpc) is 3.41. The van der Waals surface area contributed by atoms with Crippen LogP contribution in [0.25, 0.3) is 0 Å². The second-order valence-corrected chi connectivity index (χ2v) is 13.8. The van der Waals surface area contributed by atoms with E-state index < -0.39 is 34.6 Å². The van der Waals surface area contributed by atoms with E-state index in [4.69, 9.17) is 19.9 Å². The molecule has 244 valence electrons. The number of thioether (sulfide) groups is 1. The number of amides is 1. The summed E-state index contributed by atoms with van der Waals surface area (Å²) in [6.07, 6.45) is 1.46. The van der Waals surface area contributed by atoms with Crippen LogP contribution < -0.4 is 15.4 Å². The Bertz CT molecular complexity index is 1660. The molecule has 3 aliphatic heterocycles. The van der Waals surface area contributed by atoms with Crippen molar-refractivity contribution in [2.45, 2.75) is 49.9 Å². The molecule has 1 amide bonds. The molecule has 0 spiro atoms. The van der Waals surface area contributed by atoms with Gasteiger partial charge in [-0.05, 0) is 74.1 Å². The molecule has 3 aromatic rings. The largest absolute Gasteiger partial charge is 0.497 e. The molecule has 0 aliphatic carbocycles. The summed E-state index contributed by atoms with van der Waals surface area (Å²) in [6.45, 7) is 6.16. The number of rotatable bonds is 8. The Labute approximate surface area is 279 Å². The maximum Gasteiger partial charge on any atom is 0.347 e. The average molecular weight is 654 g/mol. The fourth-order valence-corrected chi connectivity index (χ4v) is 7.39. The molecule has 0 radical (unpaired) electrons. The summed E-state index contributed by atoms with van der Waals surface area (Å²) in [5, 5.41) is 1.35. The van der Waals surface area contributed by atoms with Gasteiger partial charge in [0.1, 0.15) is 11.4 Å². The number of hydrogen-bond acceptors (Lipinski definition) is 9. The predicted octanol–water partition coefficient (Wildman–Crippen LogP) is 5.58. The Morgan fingerprint density at radius 1 is 0.979 bits per heavy atom. The van der Waals surface area contributed by atoms with E-state index in [0.29, 0.717) is 29.9 Å². The van der Waals surface area contributed by atoms with Crippen LogP contribution in [-0.4, -0.2) is 59.6 Å². The summed E-state index contributed by atoms with van der Waals surface area (Å²) in [4.78, 5) is 44.8. The van der Waals surface area contributed by atoms with Gasteiger partial charge in [0, 0.05) is 29.9 Å². The maximum absolute atomic E-state index is 14.5. The first-order valence-corrected chi connectivity index (χ1v) is 16.6. The topological polar surface area (TPSA) is 111 Å². The molecule has 3 aromatic carbocycles. The van der Waals surface area contributed by atoms with E-state index in [2.05, 4.69) is 0 Å². The third-order valence-electron chi connectivity index (χ3n) is 8.56. The molecular formula is C37H39N3O6S. The zero-order valence-corrected chi connectivity index (χ0v) is 27.7. The Morgan fingerprint density at radius 2 is 1.60 bits per heavy atom. The minimum atomic E-state index is -1.77. The fraction of sp³-hybridized carbons (Fsp3) is 0.324. The molecular weight excluding hydrogens is 614 g/mol. The number of ether oxygens (including phenoxy) is 3. The fourth-order valence-electron chi connectivity index (χ4n) is 6.07. The van der Waals surface area contributed by atoms with Crippen molar-refractivity contribution in [3.05, 3.63) is 119 Å². The number of esters is 2. The van der Waals surface area contributed by atoms with Crippen LogP contribution in [0.4, 0.5) is 5.69 Å². The second kappa shape index (κ2) is 13.0. The van der Waals surface area contributed by atoms with Crippen LogP contribution in [0, 0.1) is 5.92 Å². The van der Waals surface area contributed by atoms with Crippen LogP contribution in [-0.2, 0) is 23.9 Å². The first-order chi connectivity index (χ1) is 22.5. The maximum atomic E-state index is 14.5. The van der Waals surface area contributed by atoms with Gasteiger partial charge in [-0.15, -0.1) is 11.8 Å². The monoisotopic (exact) mass is 653 g/mol. The third-order valence-corrected chi connectivity index (χ3v) is 9.81. The Hall–Kier alpha value is -4.38. The van der Waals surface area contributed by atoms with E-state index in [1.165, 1.54) is 11.8 Å². The normalized spacial score (nSPS) is 23.6. The Kier molecular flexibility index (Phi) is 9.02. The molecule has 6 rings (SSSR count). The number of methoxy groups -OCH3 is 1. The second-order valence-electron chi connectivity index (χ2n) is 12.8. The summed E-state index contributed by atoms with van der Waals surface area (Å²) >= 11 is 1.39. The van der Waals surface area contributed by atoms with Crippen LogP contribution in [0.2, 0.25) is 0 Å². The first-order valence-electron chi connectivity index (χ1n) is 15.6. The standard InChI is InChI=1S/C37H39N3O6S/c1-36(2,3)46-34(42)30-22-40-33(30)47-23-27(21-26-19-20-39(32(26)41)28-15-17-29(44-4)18-16-28)37(40,38)35(43)45-31(24-11-7-5-8-12-24)25-13-9-6-10-14-25/h5-18,21,23,30-31,33H,19-20,22,38H2,1-4H3/b26-21+/t30-,33+,37-/m0/s1. The van der Waals surface area contributed by atoms with Gasteiger partial charge in [0.2, 0.25) is 0 Å². The molecule has 9 nitrogen and oxygen atoms in total. The van der Waals surface area contributed by atoms with Crippen LogP contribution in [0.15, 0.2) is 108 Å². The number of nitrogens with zero attached hydrogens (tertiary/aromatic N) is 2. The molecule has 10 heteroatoms. The van der Waals surface area contributed by atoms with Gasteiger partial charge in [-0.3, -0.25) is 20.2 Å². The third kappa shape index (κ3) is 6.45. The predicted molar refractivity (Wildman–Crippen MR) is 181 cm³/mol. The minimum absolute atomic E-state index is 0.166. The number of benzene rings is 3. The molecule has 3 aliphatic rings. The van der Waals surface area contributed by atoms with Crippen molar-refractivity contribution in [2.24, 2.45) is 11.7 Å². The number of hydrogen-bond donors (Lipinski definition) is 1. The number of carbonyl (C=O) groups is 3. The van der Waals surface area contributed by atoms with E-state index >= 15 is 0 Å². The number of carbonyl (C=O) groups excluding carboxylic acids is 3. The van der Waals surface area contributed by atoms with Gasteiger partial charge in [-0.2, -0.15) is 0 Å². The molecule has 0 unspecified atom stereocenters. The molecule has 0 bridgehead atoms. The summed E-state index contributed by atoms with van der Waals surface area (Å²) in [5.41, 5.74) is 8.03. The van der Waals surface area contributed by atoms with E-state index in [0.717, 1.165) is 16.8 Å². The summed E-state index contributed by atoms with van der Waals surface area (Å²) < 4.78 is 17.3. The molecule has 2 N–H and O–H groups in total. The van der Waals surface area contributed by atoms with Gasteiger partial charge in [0.25, 0.3) is 5.91 Å². The van der Waals surface area contributed by atoms with Crippen molar-refractivity contribution >= 4 is 35.3 Å². The number of fused-ring (bicyclic) bond motifs is 1. The molecule has 2 fully saturated rings. The van der Waals surface area contributed by atoms with Gasteiger partial charge < -0.3 is 19.1 Å². The molecule has 47 heavy (non-hydrogen) atoms. The Morgan fingerprint density at radius 3 is 2.17 bits per heavy atom. The van der Waals surface area contributed by atoms with Crippen molar-refractivity contribution in [2.75, 3.05) is 25.1 Å². The molecule has 0 aromatic heterocycles. The SMILES string of the molecule is COc1ccc(N2CC/C(=C\C3=CS[C@@H]4[C@@H](C(=O)OC(C)(C)C)CN4[C@]3(N)C(=O)OC(c3ccccc3)c3ccccc3)C2=O)cc1. The highest BCUT2D eigenvalue weighted by molar-refractivity contribution is 8.02. The first kappa shape index (κ1) is 32.6. The van der Waals surface area contributed by atoms with Crippen LogP contribution in [0.1, 0.15) is 44.4 Å². The summed E-state index contributed by atoms with van der Waals surface area (Å²) in [7, 11) is 1.59. The molecule has 2 saturated heterocycles. The van der Waals surface area contributed by atoms with Gasteiger partial charge in [-0.1, -0.05) is 60.7 Å². The van der Waals surface area contributed by atoms with E-state index in [9.17, 15) is 14.4 Å². The Balaban J connectivity index is 1.34. The van der Waals surface area contributed by atoms with Gasteiger partial charge >= 0.3 is 11.9 Å². The van der Waals surface area contributed by atoms with Gasteiger partial charge in [-0.25, -0.2) is 4.79 Å². The van der Waals surface area contributed by atoms with E-state index in [1.54, 1.807) is 28.4 Å². The highest BCUT2D eigenvalue weighted by atomic mass is 32.2. The quantitative estimate of drug-likeness (QED) is 0.246. The van der Waals surface area contributed by atoms with Crippen LogP contribution >= 0.6 is 11.8 Å². The smallest absolute Gasteiger partial charge is 0.347 e. The van der Waals surface area contributed by atoms with Crippen molar-refractivity contribution in [1.29, 1.82) is 0 Å². The summed E-state index contributed by atoms with van der Waals surface area (Å²) in [6, 6.07) is 26.3. The number of anilines is 1. The molecule has 0 saturated carbocycles. The lowest BCUT2D eigenvalue weighted by molar-refractivity contribution is -0.179. The van der Waals surface area contributed by atoms with Crippen LogP contribution in [0.5, 0.6) is 5.75 Å². The van der Waals surface area contributed by atoms with E-state index in [1.807, 2.05) is 106 Å². The molecule has 3 heterocycles. The minimum Gasteiger partial charge on any atom is -0.497 e. The van der Waals surface area contributed by atoms with Gasteiger partial charge in [0.05, 0.1) is 18.4 Å². The zero-order chi connectivity index (χ0) is 33.3. The van der Waals surface area contributed by atoms with Crippen LogP contribution in [0.3, 0.4) is 0 Å². The van der Waals surface area contributed by atoms with Crippen molar-refractivity contribution in [3.63, 3.8) is 0 Å². The molecule has 3 atom stereocenters. The lowest BCUT2D eigenvalue weighted by atomic mass is 9.88. The number of nitrogens with two attached hydrogens (primary N) is 1. The zero-order valence-electron chi connectivity index (χ0n) is 26.9. The van der Waals surface area contributed by atoms with Crippen molar-refractivity contribution in [1.82, 2.24) is 4.90 Å². The summed E-state index contributed by atoms with van der Waals surface area (Å²) in [5.74, 6) is -0.975. The highest BCUT2D eigenvalue weighted by Crippen LogP contribution is 2.48. The van der Waals surface area contributed by atoms with Crippen molar-refractivity contribution < 1.29 is 28.6 Å². The van der Waals surface area contributed by atoms with Crippen molar-refractivity contribution in [3.8, 4) is 5.75 Å².